The number of benzene rings is 1. The van der Waals surface area contributed by atoms with Crippen LogP contribution in [-0.4, -0.2) is 25.6 Å². The maximum atomic E-state index is 13.6. The second-order valence-corrected chi connectivity index (χ2v) is 4.73. The zero-order chi connectivity index (χ0) is 13.7. The molecule has 0 aliphatic heterocycles. The highest BCUT2D eigenvalue weighted by molar-refractivity contribution is 5.76. The van der Waals surface area contributed by atoms with E-state index in [9.17, 15) is 9.18 Å². The molecule has 19 heavy (non-hydrogen) atoms. The summed E-state index contributed by atoms with van der Waals surface area (Å²) in [6.07, 6.45) is 2.61. The van der Waals surface area contributed by atoms with Gasteiger partial charge in [-0.3, -0.25) is 4.79 Å². The number of hydrogen-bond donors (Lipinski definition) is 2. The summed E-state index contributed by atoms with van der Waals surface area (Å²) in [5.41, 5.74) is 0.573. The van der Waals surface area contributed by atoms with Gasteiger partial charge in [-0.25, -0.2) is 4.39 Å². The summed E-state index contributed by atoms with van der Waals surface area (Å²) in [5.74, 6) is 0.268. The molecule has 1 aliphatic rings. The van der Waals surface area contributed by atoms with E-state index in [-0.39, 0.29) is 11.7 Å². The van der Waals surface area contributed by atoms with Crippen molar-refractivity contribution in [3.05, 3.63) is 29.6 Å². The Morgan fingerprint density at radius 3 is 2.89 bits per heavy atom. The van der Waals surface area contributed by atoms with Gasteiger partial charge in [0.15, 0.2) is 0 Å². The normalized spacial score (nSPS) is 14.2. The van der Waals surface area contributed by atoms with Crippen LogP contribution in [0.3, 0.4) is 0 Å². The number of methoxy groups -OCH3 is 1. The van der Waals surface area contributed by atoms with E-state index in [2.05, 4.69) is 10.6 Å². The topological polar surface area (TPSA) is 50.4 Å². The van der Waals surface area contributed by atoms with Crippen LogP contribution in [0.5, 0.6) is 5.75 Å². The zero-order valence-electron chi connectivity index (χ0n) is 11.0. The van der Waals surface area contributed by atoms with Gasteiger partial charge in [0.05, 0.1) is 7.11 Å². The lowest BCUT2D eigenvalue weighted by Gasteiger charge is -2.07. The highest BCUT2D eigenvalue weighted by Gasteiger charge is 2.22. The van der Waals surface area contributed by atoms with E-state index in [1.807, 2.05) is 0 Å². The summed E-state index contributed by atoms with van der Waals surface area (Å²) in [7, 11) is 1.51. The lowest BCUT2D eigenvalue weighted by molar-refractivity contribution is -0.121. The Morgan fingerprint density at radius 2 is 2.26 bits per heavy atom. The molecule has 0 bridgehead atoms. The summed E-state index contributed by atoms with van der Waals surface area (Å²) >= 11 is 0. The van der Waals surface area contributed by atoms with Crippen molar-refractivity contribution < 1.29 is 13.9 Å². The lowest BCUT2D eigenvalue weighted by atomic mass is 10.2. The quantitative estimate of drug-likeness (QED) is 0.737. The Morgan fingerprint density at radius 1 is 1.47 bits per heavy atom. The van der Waals surface area contributed by atoms with Gasteiger partial charge >= 0.3 is 0 Å². The van der Waals surface area contributed by atoms with Crippen LogP contribution in [0.25, 0.3) is 0 Å². The number of carbonyl (C=O) groups excluding carboxylic acids is 1. The van der Waals surface area contributed by atoms with Crippen molar-refractivity contribution in [2.45, 2.75) is 31.8 Å². The summed E-state index contributed by atoms with van der Waals surface area (Å²) in [6, 6.07) is 5.16. The Hall–Kier alpha value is -1.62. The van der Waals surface area contributed by atoms with E-state index in [0.717, 1.165) is 12.8 Å². The molecule has 2 N–H and O–H groups in total. The average molecular weight is 266 g/mol. The molecular weight excluding hydrogens is 247 g/mol. The second kappa shape index (κ2) is 6.52. The van der Waals surface area contributed by atoms with Gasteiger partial charge in [0.1, 0.15) is 11.6 Å². The van der Waals surface area contributed by atoms with Crippen LogP contribution in [0.4, 0.5) is 4.39 Å². The van der Waals surface area contributed by atoms with Crippen molar-refractivity contribution in [3.63, 3.8) is 0 Å². The van der Waals surface area contributed by atoms with Gasteiger partial charge in [-0.2, -0.15) is 0 Å². The van der Waals surface area contributed by atoms with Crippen LogP contribution in [0.2, 0.25) is 0 Å². The van der Waals surface area contributed by atoms with Crippen molar-refractivity contribution in [2.24, 2.45) is 0 Å². The van der Waals surface area contributed by atoms with Gasteiger partial charge in [-0.1, -0.05) is 6.07 Å². The monoisotopic (exact) mass is 266 g/mol. The first-order valence-electron chi connectivity index (χ1n) is 6.51. The van der Waals surface area contributed by atoms with Crippen LogP contribution >= 0.6 is 0 Å². The van der Waals surface area contributed by atoms with Crippen molar-refractivity contribution in [1.29, 1.82) is 0 Å². The van der Waals surface area contributed by atoms with Crippen molar-refractivity contribution >= 4 is 5.91 Å². The number of halogens is 1. The number of rotatable bonds is 7. The van der Waals surface area contributed by atoms with E-state index in [1.165, 1.54) is 13.2 Å². The van der Waals surface area contributed by atoms with Crippen molar-refractivity contribution in [3.8, 4) is 5.75 Å². The molecule has 0 radical (unpaired) electrons. The summed E-state index contributed by atoms with van der Waals surface area (Å²) in [5, 5.41) is 5.97. The molecule has 0 unspecified atom stereocenters. The van der Waals surface area contributed by atoms with E-state index >= 15 is 0 Å². The van der Waals surface area contributed by atoms with Crippen molar-refractivity contribution in [1.82, 2.24) is 10.6 Å². The third-order valence-electron chi connectivity index (χ3n) is 3.05. The van der Waals surface area contributed by atoms with Gasteiger partial charge < -0.3 is 15.4 Å². The minimum Gasteiger partial charge on any atom is -0.497 e. The molecule has 2 rings (SSSR count). The molecule has 1 fully saturated rings. The number of amides is 1. The highest BCUT2D eigenvalue weighted by Crippen LogP contribution is 2.18. The number of hydrogen-bond acceptors (Lipinski definition) is 3. The fraction of sp³-hybridized carbons (Fsp3) is 0.500. The van der Waals surface area contributed by atoms with Gasteiger partial charge in [0, 0.05) is 37.2 Å². The molecule has 104 valence electrons. The maximum Gasteiger partial charge on any atom is 0.221 e. The molecule has 0 saturated heterocycles. The van der Waals surface area contributed by atoms with Crippen LogP contribution in [-0.2, 0) is 11.3 Å². The van der Waals surface area contributed by atoms with Crippen LogP contribution < -0.4 is 15.4 Å². The van der Waals surface area contributed by atoms with E-state index in [0.29, 0.717) is 36.9 Å². The third kappa shape index (κ3) is 4.52. The number of nitrogens with one attached hydrogen (secondary N) is 2. The Bertz CT molecular complexity index is 447. The predicted molar refractivity (Wildman–Crippen MR) is 70.4 cm³/mol. The first-order chi connectivity index (χ1) is 9.19. The van der Waals surface area contributed by atoms with Gasteiger partial charge in [-0.05, 0) is 18.9 Å². The van der Waals surface area contributed by atoms with Crippen LogP contribution in [0.15, 0.2) is 18.2 Å². The molecular formula is C14H19FN2O2. The number of ether oxygens (including phenoxy) is 1. The minimum absolute atomic E-state index is 0.0604. The molecule has 4 nitrogen and oxygen atoms in total. The van der Waals surface area contributed by atoms with E-state index < -0.39 is 0 Å². The van der Waals surface area contributed by atoms with Gasteiger partial charge in [0.25, 0.3) is 0 Å². The molecule has 1 saturated carbocycles. The van der Waals surface area contributed by atoms with E-state index in [4.69, 9.17) is 4.74 Å². The van der Waals surface area contributed by atoms with Crippen LogP contribution in [0, 0.1) is 5.82 Å². The number of carbonyl (C=O) groups is 1. The molecule has 1 aromatic rings. The fourth-order valence-electron chi connectivity index (χ4n) is 1.75. The molecule has 0 spiro atoms. The van der Waals surface area contributed by atoms with Gasteiger partial charge in [0.2, 0.25) is 5.91 Å². The molecule has 1 amide bonds. The minimum atomic E-state index is -0.297. The first kappa shape index (κ1) is 13.8. The summed E-state index contributed by atoms with van der Waals surface area (Å²) < 4.78 is 18.5. The Kier molecular flexibility index (Phi) is 4.74. The average Bonchev–Trinajstić information content (AvgIpc) is 3.20. The lowest BCUT2D eigenvalue weighted by Crippen LogP contribution is -2.29. The van der Waals surface area contributed by atoms with Crippen molar-refractivity contribution in [2.75, 3.05) is 13.7 Å². The largest absolute Gasteiger partial charge is 0.497 e. The first-order valence-corrected chi connectivity index (χ1v) is 6.51. The third-order valence-corrected chi connectivity index (χ3v) is 3.05. The molecule has 1 aliphatic carbocycles. The SMILES string of the molecule is COc1ccc(CNCCC(=O)NC2CC2)c(F)c1. The second-order valence-electron chi connectivity index (χ2n) is 4.73. The van der Waals surface area contributed by atoms with Gasteiger partial charge in [-0.15, -0.1) is 0 Å². The highest BCUT2D eigenvalue weighted by atomic mass is 19.1. The molecule has 0 heterocycles. The Balaban J connectivity index is 1.68. The summed E-state index contributed by atoms with van der Waals surface area (Å²) in [4.78, 5) is 11.4. The molecule has 5 heteroatoms. The zero-order valence-corrected chi connectivity index (χ0v) is 11.0. The maximum absolute atomic E-state index is 13.6. The van der Waals surface area contributed by atoms with Crippen LogP contribution in [0.1, 0.15) is 24.8 Å². The standard InChI is InChI=1S/C14H19FN2O2/c1-19-12-5-2-10(13(15)8-12)9-16-7-6-14(18)17-11-3-4-11/h2,5,8,11,16H,3-4,6-7,9H2,1H3,(H,17,18). The van der Waals surface area contributed by atoms with E-state index in [1.54, 1.807) is 12.1 Å². The fourth-order valence-corrected chi connectivity index (χ4v) is 1.75. The predicted octanol–water partition coefficient (Wildman–Crippen LogP) is 1.59. The molecule has 0 aromatic heterocycles. The Labute approximate surface area is 112 Å². The summed E-state index contributed by atoms with van der Waals surface area (Å²) in [6.45, 7) is 0.955. The molecule has 1 aromatic carbocycles. The molecule has 0 atom stereocenters. The smallest absolute Gasteiger partial charge is 0.221 e.